The van der Waals surface area contributed by atoms with E-state index in [9.17, 15) is 0 Å². The molecule has 0 aliphatic carbocycles. The number of aromatic nitrogens is 3. The highest BCUT2D eigenvalue weighted by Crippen LogP contribution is 2.23. The minimum absolute atomic E-state index is 0.170. The van der Waals surface area contributed by atoms with Crippen molar-refractivity contribution < 1.29 is 0 Å². The lowest BCUT2D eigenvalue weighted by Crippen LogP contribution is -2.20. The van der Waals surface area contributed by atoms with Crippen molar-refractivity contribution in [1.82, 2.24) is 20.1 Å². The molecule has 2 aromatic heterocycles. The van der Waals surface area contributed by atoms with E-state index in [0.29, 0.717) is 0 Å². The van der Waals surface area contributed by atoms with Gasteiger partial charge in [-0.3, -0.25) is 9.67 Å². The molecular weight excluding hydrogens is 260 g/mol. The normalized spacial score (nSPS) is 12.7. The number of benzene rings is 1. The number of nitrogens with zero attached hydrogens (tertiary/aromatic N) is 3. The molecule has 2 heterocycles. The Kier molecular flexibility index (Phi) is 3.71. The van der Waals surface area contributed by atoms with Crippen LogP contribution in [-0.4, -0.2) is 21.8 Å². The number of aryl methyl sites for hydroxylation is 2. The highest BCUT2D eigenvalue weighted by Gasteiger charge is 2.16. The fourth-order valence-corrected chi connectivity index (χ4v) is 2.75. The van der Waals surface area contributed by atoms with Gasteiger partial charge < -0.3 is 5.32 Å². The van der Waals surface area contributed by atoms with Gasteiger partial charge in [-0.2, -0.15) is 5.10 Å². The molecule has 108 valence electrons. The summed E-state index contributed by atoms with van der Waals surface area (Å²) in [4.78, 5) is 4.63. The molecule has 1 unspecified atom stereocenters. The monoisotopic (exact) mass is 280 g/mol. The maximum absolute atomic E-state index is 4.67. The molecule has 0 bridgehead atoms. The molecule has 1 aromatic carbocycles. The first-order valence-corrected chi connectivity index (χ1v) is 7.20. The van der Waals surface area contributed by atoms with Gasteiger partial charge in [0, 0.05) is 24.5 Å². The fourth-order valence-electron chi connectivity index (χ4n) is 2.75. The molecule has 0 radical (unpaired) electrons. The third-order valence-electron chi connectivity index (χ3n) is 3.85. The largest absolute Gasteiger partial charge is 0.311 e. The zero-order valence-corrected chi connectivity index (χ0v) is 12.7. The predicted octanol–water partition coefficient (Wildman–Crippen LogP) is 2.78. The quantitative estimate of drug-likeness (QED) is 0.799. The van der Waals surface area contributed by atoms with Crippen LogP contribution in [-0.2, 0) is 13.5 Å². The van der Waals surface area contributed by atoms with Crippen LogP contribution < -0.4 is 5.32 Å². The van der Waals surface area contributed by atoms with E-state index >= 15 is 0 Å². The second-order valence-corrected chi connectivity index (χ2v) is 5.34. The first-order chi connectivity index (χ1) is 10.2. The van der Waals surface area contributed by atoms with Crippen LogP contribution in [0.5, 0.6) is 0 Å². The van der Waals surface area contributed by atoms with Gasteiger partial charge in [-0.25, -0.2) is 0 Å². The van der Waals surface area contributed by atoms with E-state index in [-0.39, 0.29) is 6.04 Å². The smallest absolute Gasteiger partial charge is 0.0722 e. The summed E-state index contributed by atoms with van der Waals surface area (Å²) in [6.45, 7) is 2.02. The van der Waals surface area contributed by atoms with Crippen molar-refractivity contribution in [3.8, 4) is 0 Å². The highest BCUT2D eigenvalue weighted by molar-refractivity contribution is 5.81. The number of pyridine rings is 1. The topological polar surface area (TPSA) is 42.7 Å². The van der Waals surface area contributed by atoms with Crippen molar-refractivity contribution in [3.63, 3.8) is 0 Å². The van der Waals surface area contributed by atoms with Crippen LogP contribution in [0.15, 0.2) is 42.5 Å². The Hall–Kier alpha value is -2.20. The Morgan fingerprint density at radius 1 is 1.14 bits per heavy atom. The predicted molar refractivity (Wildman–Crippen MR) is 85.2 cm³/mol. The van der Waals surface area contributed by atoms with E-state index in [0.717, 1.165) is 23.5 Å². The molecule has 0 aliphatic heterocycles. The third kappa shape index (κ3) is 2.67. The summed E-state index contributed by atoms with van der Waals surface area (Å²) in [5.41, 5.74) is 4.38. The van der Waals surface area contributed by atoms with Crippen molar-refractivity contribution in [1.29, 1.82) is 0 Å². The SMILES string of the molecule is CNC(Cc1nn(C)c2ccccc12)c1cccc(C)n1. The number of fused-ring (bicyclic) bond motifs is 1. The summed E-state index contributed by atoms with van der Waals surface area (Å²) in [6, 6.07) is 14.7. The summed E-state index contributed by atoms with van der Waals surface area (Å²) in [7, 11) is 3.96. The zero-order chi connectivity index (χ0) is 14.8. The van der Waals surface area contributed by atoms with Crippen molar-refractivity contribution in [2.45, 2.75) is 19.4 Å². The van der Waals surface area contributed by atoms with Crippen LogP contribution >= 0.6 is 0 Å². The van der Waals surface area contributed by atoms with Crippen LogP contribution in [0.25, 0.3) is 10.9 Å². The number of rotatable bonds is 4. The molecule has 4 nitrogen and oxygen atoms in total. The lowest BCUT2D eigenvalue weighted by atomic mass is 10.0. The summed E-state index contributed by atoms with van der Waals surface area (Å²) < 4.78 is 1.95. The van der Waals surface area contributed by atoms with Crippen molar-refractivity contribution in [3.05, 3.63) is 59.5 Å². The number of likely N-dealkylation sites (N-methyl/N-ethyl adjacent to an activating group) is 1. The molecule has 3 rings (SSSR count). The molecule has 0 spiro atoms. The molecule has 1 N–H and O–H groups in total. The number of para-hydroxylation sites is 1. The Labute approximate surface area is 124 Å². The zero-order valence-electron chi connectivity index (χ0n) is 12.7. The van der Waals surface area contributed by atoms with E-state index < -0.39 is 0 Å². The summed E-state index contributed by atoms with van der Waals surface area (Å²) >= 11 is 0. The summed E-state index contributed by atoms with van der Waals surface area (Å²) in [6.07, 6.45) is 0.828. The Balaban J connectivity index is 1.96. The van der Waals surface area contributed by atoms with E-state index in [1.54, 1.807) is 0 Å². The number of nitrogens with one attached hydrogen (secondary N) is 1. The second-order valence-electron chi connectivity index (χ2n) is 5.34. The second kappa shape index (κ2) is 5.66. The molecule has 0 amide bonds. The molecule has 4 heteroatoms. The minimum Gasteiger partial charge on any atom is -0.311 e. The average molecular weight is 280 g/mol. The van der Waals surface area contributed by atoms with Crippen LogP contribution in [0.1, 0.15) is 23.1 Å². The van der Waals surface area contributed by atoms with Gasteiger partial charge in [-0.05, 0) is 32.2 Å². The van der Waals surface area contributed by atoms with Gasteiger partial charge in [-0.15, -0.1) is 0 Å². The van der Waals surface area contributed by atoms with Gasteiger partial charge >= 0.3 is 0 Å². The third-order valence-corrected chi connectivity index (χ3v) is 3.85. The van der Waals surface area contributed by atoms with E-state index in [2.05, 4.69) is 45.7 Å². The van der Waals surface area contributed by atoms with Gasteiger partial charge in [0.2, 0.25) is 0 Å². The molecule has 0 aliphatic rings. The van der Waals surface area contributed by atoms with Gasteiger partial charge in [0.25, 0.3) is 0 Å². The van der Waals surface area contributed by atoms with Gasteiger partial charge in [0.1, 0.15) is 0 Å². The molecule has 1 atom stereocenters. The number of hydrogen-bond donors (Lipinski definition) is 1. The van der Waals surface area contributed by atoms with Crippen LogP contribution in [0.2, 0.25) is 0 Å². The minimum atomic E-state index is 0.170. The van der Waals surface area contributed by atoms with Crippen molar-refractivity contribution in [2.24, 2.45) is 7.05 Å². The van der Waals surface area contributed by atoms with Gasteiger partial charge in [0.05, 0.1) is 22.9 Å². The highest BCUT2D eigenvalue weighted by atomic mass is 15.3. The summed E-state index contributed by atoms with van der Waals surface area (Å²) in [5.74, 6) is 0. The molecular formula is C17H20N4. The number of hydrogen-bond acceptors (Lipinski definition) is 3. The Morgan fingerprint density at radius 3 is 2.71 bits per heavy atom. The van der Waals surface area contributed by atoms with Crippen LogP contribution in [0, 0.1) is 6.92 Å². The van der Waals surface area contributed by atoms with Crippen molar-refractivity contribution >= 4 is 10.9 Å². The maximum atomic E-state index is 4.67. The van der Waals surface area contributed by atoms with E-state index in [1.807, 2.05) is 37.8 Å². The van der Waals surface area contributed by atoms with Crippen molar-refractivity contribution in [2.75, 3.05) is 7.05 Å². The van der Waals surface area contributed by atoms with Crippen LogP contribution in [0.4, 0.5) is 0 Å². The Morgan fingerprint density at radius 2 is 1.95 bits per heavy atom. The lowest BCUT2D eigenvalue weighted by Gasteiger charge is -2.15. The Bertz CT molecular complexity index is 760. The fraction of sp³-hybridized carbons (Fsp3) is 0.294. The van der Waals surface area contributed by atoms with Crippen LogP contribution in [0.3, 0.4) is 0 Å². The molecule has 0 saturated carbocycles. The lowest BCUT2D eigenvalue weighted by molar-refractivity contribution is 0.563. The standard InChI is InChI=1S/C17H20N4/c1-12-7-6-9-14(19-12)16(18-2)11-15-13-8-4-5-10-17(13)21(3)20-15/h4-10,16,18H,11H2,1-3H3. The average Bonchev–Trinajstić information content (AvgIpc) is 2.82. The summed E-state index contributed by atoms with van der Waals surface area (Å²) in [5, 5.41) is 9.25. The molecule has 21 heavy (non-hydrogen) atoms. The van der Waals surface area contributed by atoms with E-state index in [4.69, 9.17) is 0 Å². The first kappa shape index (κ1) is 13.8. The van der Waals surface area contributed by atoms with E-state index in [1.165, 1.54) is 10.9 Å². The molecule has 3 aromatic rings. The first-order valence-electron chi connectivity index (χ1n) is 7.20. The van der Waals surface area contributed by atoms with Gasteiger partial charge in [-0.1, -0.05) is 24.3 Å². The maximum Gasteiger partial charge on any atom is 0.0722 e. The molecule has 0 saturated heterocycles. The van der Waals surface area contributed by atoms with Gasteiger partial charge in [0.15, 0.2) is 0 Å². The molecule has 0 fully saturated rings.